The second-order valence-electron chi connectivity index (χ2n) is 7.77. The van der Waals surface area contributed by atoms with E-state index in [1.807, 2.05) is 37.3 Å². The lowest BCUT2D eigenvalue weighted by atomic mass is 10.0. The highest BCUT2D eigenvalue weighted by molar-refractivity contribution is 7.92. The Balaban J connectivity index is 1.50. The van der Waals surface area contributed by atoms with E-state index in [2.05, 4.69) is 25.6 Å². The maximum Gasteiger partial charge on any atom is 0.341 e. The fourth-order valence-corrected chi connectivity index (χ4v) is 5.98. The van der Waals surface area contributed by atoms with Crippen molar-refractivity contribution in [1.82, 2.24) is 10.2 Å². The second-order valence-corrected chi connectivity index (χ2v) is 11.5. The zero-order chi connectivity index (χ0) is 27.3. The van der Waals surface area contributed by atoms with Crippen LogP contribution in [0.4, 0.5) is 16.5 Å². The first-order valence-corrected chi connectivity index (χ1v) is 14.3. The van der Waals surface area contributed by atoms with Crippen LogP contribution in [0.5, 0.6) is 0 Å². The maximum atomic E-state index is 12.9. The van der Waals surface area contributed by atoms with Gasteiger partial charge in [-0.1, -0.05) is 41.9 Å². The normalized spacial score (nSPS) is 11.0. The molecule has 0 bridgehead atoms. The van der Waals surface area contributed by atoms with Crippen molar-refractivity contribution in [1.29, 1.82) is 0 Å². The highest BCUT2D eigenvalue weighted by Crippen LogP contribution is 2.40. The Morgan fingerprint density at radius 1 is 1.03 bits per heavy atom. The number of thiophene rings is 1. The molecule has 4 rings (SSSR count). The fraction of sp³-hybridized carbons (Fsp3) is 0.120. The molecule has 3 N–H and O–H groups in total. The van der Waals surface area contributed by atoms with Gasteiger partial charge in [0.25, 0.3) is 10.0 Å². The number of hydrogen-bond donors (Lipinski definition) is 3. The molecule has 0 amide bonds. The third kappa shape index (κ3) is 6.45. The molecule has 2 heterocycles. The van der Waals surface area contributed by atoms with Crippen LogP contribution in [0.2, 0.25) is 5.15 Å². The Kier molecular flexibility index (Phi) is 8.57. The average Bonchev–Trinajstić information content (AvgIpc) is 3.21. The molecule has 196 valence electrons. The summed E-state index contributed by atoms with van der Waals surface area (Å²) < 4.78 is 33.0. The van der Waals surface area contributed by atoms with Gasteiger partial charge in [0.15, 0.2) is 16.1 Å². The number of carbonyl (C=O) groups is 1. The topological polar surface area (TPSA) is 122 Å². The minimum Gasteiger partial charge on any atom is -0.462 e. The molecule has 0 radical (unpaired) electrons. The third-order valence-corrected chi connectivity index (χ3v) is 7.94. The van der Waals surface area contributed by atoms with Crippen molar-refractivity contribution in [2.75, 3.05) is 22.0 Å². The minimum absolute atomic E-state index is 0.0182. The molecule has 0 fully saturated rings. The molecule has 38 heavy (non-hydrogen) atoms. The predicted molar refractivity (Wildman–Crippen MR) is 155 cm³/mol. The quantitative estimate of drug-likeness (QED) is 0.169. The second kappa shape index (κ2) is 11.9. The number of anilines is 3. The van der Waals surface area contributed by atoms with Crippen LogP contribution >= 0.6 is 35.2 Å². The van der Waals surface area contributed by atoms with Gasteiger partial charge in [0, 0.05) is 16.1 Å². The minimum atomic E-state index is -3.89. The SMILES string of the molecule is CCOC(=O)c1c(NC(=S)Nc2ccc(S(=O)(=O)Nc3ccc(Cl)nn3)cc2)sc(C)c1-c1ccccc1. The molecule has 0 spiro atoms. The summed E-state index contributed by atoms with van der Waals surface area (Å²) >= 11 is 12.6. The van der Waals surface area contributed by atoms with Crippen molar-refractivity contribution in [3.8, 4) is 11.1 Å². The van der Waals surface area contributed by atoms with Crippen molar-refractivity contribution in [3.63, 3.8) is 0 Å². The van der Waals surface area contributed by atoms with Crippen LogP contribution in [0.25, 0.3) is 11.1 Å². The lowest BCUT2D eigenvalue weighted by Gasteiger charge is -2.12. The van der Waals surface area contributed by atoms with Gasteiger partial charge >= 0.3 is 5.97 Å². The van der Waals surface area contributed by atoms with Crippen LogP contribution in [0.3, 0.4) is 0 Å². The van der Waals surface area contributed by atoms with Gasteiger partial charge < -0.3 is 15.4 Å². The van der Waals surface area contributed by atoms with Gasteiger partial charge in [0.1, 0.15) is 10.6 Å². The standard InChI is InChI=1S/C25H22ClN5O4S3/c1-3-35-24(32)22-21(16-7-5-4-6-8-16)15(2)37-23(22)28-25(36)27-17-9-11-18(12-10-17)38(33,34)31-20-14-13-19(26)29-30-20/h4-14H,3H2,1-2H3,(H,30,31)(H2,27,28,36). The van der Waals surface area contributed by atoms with Crippen molar-refractivity contribution >= 4 is 72.8 Å². The molecule has 0 aliphatic heterocycles. The van der Waals surface area contributed by atoms with Crippen LogP contribution in [0.15, 0.2) is 71.6 Å². The van der Waals surface area contributed by atoms with Gasteiger partial charge in [-0.2, -0.15) is 0 Å². The molecule has 0 saturated carbocycles. The number of thiocarbonyl (C=S) groups is 1. The van der Waals surface area contributed by atoms with Gasteiger partial charge in [-0.05, 0) is 68.0 Å². The van der Waals surface area contributed by atoms with Gasteiger partial charge in [0.05, 0.1) is 11.5 Å². The van der Waals surface area contributed by atoms with Crippen LogP contribution in [0.1, 0.15) is 22.2 Å². The summed E-state index contributed by atoms with van der Waals surface area (Å²) in [5.74, 6) is -0.408. The number of benzene rings is 2. The first kappa shape index (κ1) is 27.5. The predicted octanol–water partition coefficient (Wildman–Crippen LogP) is 5.95. The molecule has 0 saturated heterocycles. The number of nitrogens with zero attached hydrogens (tertiary/aromatic N) is 2. The van der Waals surface area contributed by atoms with Crippen molar-refractivity contribution < 1.29 is 17.9 Å². The molecule has 0 aliphatic carbocycles. The third-order valence-electron chi connectivity index (χ3n) is 5.15. The smallest absolute Gasteiger partial charge is 0.341 e. The van der Waals surface area contributed by atoms with E-state index in [1.54, 1.807) is 19.1 Å². The van der Waals surface area contributed by atoms with E-state index in [0.717, 1.165) is 16.0 Å². The van der Waals surface area contributed by atoms with Crippen LogP contribution in [0, 0.1) is 6.92 Å². The van der Waals surface area contributed by atoms with E-state index in [4.69, 9.17) is 28.6 Å². The maximum absolute atomic E-state index is 12.9. The van der Waals surface area contributed by atoms with Gasteiger partial charge in [-0.3, -0.25) is 4.72 Å². The number of aryl methyl sites for hydroxylation is 1. The van der Waals surface area contributed by atoms with E-state index in [9.17, 15) is 13.2 Å². The molecule has 2 aromatic heterocycles. The van der Waals surface area contributed by atoms with E-state index in [1.165, 1.54) is 35.6 Å². The molecule has 0 aliphatic rings. The number of ether oxygens (including phenoxy) is 1. The fourth-order valence-electron chi connectivity index (χ4n) is 3.53. The molecule has 9 nitrogen and oxygen atoms in total. The number of hydrogen-bond acceptors (Lipinski definition) is 8. The number of sulfonamides is 1. The Hall–Kier alpha value is -3.58. The lowest BCUT2D eigenvalue weighted by molar-refractivity contribution is 0.0529. The number of carbonyl (C=O) groups excluding carboxylic acids is 1. The number of rotatable bonds is 8. The summed E-state index contributed by atoms with van der Waals surface area (Å²) in [6.45, 7) is 3.92. The molecule has 4 aromatic rings. The summed E-state index contributed by atoms with van der Waals surface area (Å²) in [5.41, 5.74) is 2.63. The van der Waals surface area contributed by atoms with Crippen LogP contribution in [-0.2, 0) is 14.8 Å². The number of esters is 1. The Morgan fingerprint density at radius 3 is 2.37 bits per heavy atom. The number of halogens is 1. The van der Waals surface area contributed by atoms with E-state index < -0.39 is 16.0 Å². The molecule has 0 atom stereocenters. The summed E-state index contributed by atoms with van der Waals surface area (Å²) in [4.78, 5) is 13.8. The summed E-state index contributed by atoms with van der Waals surface area (Å²) in [6.07, 6.45) is 0. The molecular weight excluding hydrogens is 566 g/mol. The Morgan fingerprint density at radius 2 is 1.74 bits per heavy atom. The van der Waals surface area contributed by atoms with Gasteiger partial charge in [-0.15, -0.1) is 21.5 Å². The number of aromatic nitrogens is 2. The van der Waals surface area contributed by atoms with Gasteiger partial charge in [-0.25, -0.2) is 13.2 Å². The highest BCUT2D eigenvalue weighted by Gasteiger charge is 2.25. The van der Waals surface area contributed by atoms with Crippen LogP contribution < -0.4 is 15.4 Å². The first-order valence-electron chi connectivity index (χ1n) is 11.2. The van der Waals surface area contributed by atoms with E-state index in [-0.39, 0.29) is 27.6 Å². The molecular formula is C25H22ClN5O4S3. The van der Waals surface area contributed by atoms with Crippen LogP contribution in [-0.4, -0.2) is 36.3 Å². The monoisotopic (exact) mass is 587 g/mol. The first-order chi connectivity index (χ1) is 18.2. The van der Waals surface area contributed by atoms with Crippen molar-refractivity contribution in [2.24, 2.45) is 0 Å². The van der Waals surface area contributed by atoms with Crippen molar-refractivity contribution in [3.05, 3.63) is 82.3 Å². The summed E-state index contributed by atoms with van der Waals surface area (Å²) in [5, 5.41) is 14.3. The molecule has 13 heteroatoms. The van der Waals surface area contributed by atoms with E-state index in [0.29, 0.717) is 16.3 Å². The highest BCUT2D eigenvalue weighted by atomic mass is 35.5. The summed E-state index contributed by atoms with van der Waals surface area (Å²) in [6, 6.07) is 18.4. The zero-order valence-electron chi connectivity index (χ0n) is 20.2. The lowest BCUT2D eigenvalue weighted by Crippen LogP contribution is -2.20. The average molecular weight is 588 g/mol. The molecule has 0 unspecified atom stereocenters. The van der Waals surface area contributed by atoms with E-state index >= 15 is 0 Å². The van der Waals surface area contributed by atoms with Gasteiger partial charge in [0.2, 0.25) is 0 Å². The largest absolute Gasteiger partial charge is 0.462 e. The van der Waals surface area contributed by atoms with Crippen molar-refractivity contribution in [2.45, 2.75) is 18.7 Å². The number of nitrogens with one attached hydrogen (secondary N) is 3. The Labute approximate surface area is 234 Å². The zero-order valence-corrected chi connectivity index (χ0v) is 23.4. The molecule has 2 aromatic carbocycles. The summed E-state index contributed by atoms with van der Waals surface area (Å²) in [7, 11) is -3.89. The Bertz CT molecular complexity index is 1560.